The lowest BCUT2D eigenvalue weighted by Gasteiger charge is -2.64. The highest BCUT2D eigenvalue weighted by Gasteiger charge is 2.76. The first-order chi connectivity index (χ1) is 19.4. The van der Waals surface area contributed by atoms with Crippen molar-refractivity contribution in [3.05, 3.63) is 23.3 Å². The smallest absolute Gasteiger partial charge is 0.415 e. The van der Waals surface area contributed by atoms with Crippen LogP contribution in [0.3, 0.4) is 0 Å². The molecule has 2 heterocycles. The van der Waals surface area contributed by atoms with E-state index in [0.29, 0.717) is 30.9 Å². The van der Waals surface area contributed by atoms with Gasteiger partial charge in [-0.2, -0.15) is 0 Å². The summed E-state index contributed by atoms with van der Waals surface area (Å²) < 4.78 is 13.0. The lowest BCUT2D eigenvalue weighted by Crippen LogP contribution is -2.80. The van der Waals surface area contributed by atoms with Gasteiger partial charge in [0.1, 0.15) is 17.7 Å². The van der Waals surface area contributed by atoms with Gasteiger partial charge in [-0.3, -0.25) is 14.4 Å². The van der Waals surface area contributed by atoms with Crippen molar-refractivity contribution in [3.8, 4) is 11.5 Å². The number of aliphatic hydroxyl groups is 1. The zero-order chi connectivity index (χ0) is 29.3. The number of amides is 3. The van der Waals surface area contributed by atoms with Crippen LogP contribution in [0.2, 0.25) is 0 Å². The maximum absolute atomic E-state index is 13.3. The van der Waals surface area contributed by atoms with E-state index >= 15 is 0 Å². The summed E-state index contributed by atoms with van der Waals surface area (Å²) in [5.74, 6) is 0.690. The van der Waals surface area contributed by atoms with Gasteiger partial charge in [0.2, 0.25) is 11.8 Å². The molecule has 2 bridgehead atoms. The summed E-state index contributed by atoms with van der Waals surface area (Å²) in [5, 5.41) is 17.8. The van der Waals surface area contributed by atoms with E-state index in [4.69, 9.17) is 9.47 Å². The van der Waals surface area contributed by atoms with Crippen LogP contribution in [0.5, 0.6) is 11.5 Å². The Hall–Kier alpha value is -3.18. The highest BCUT2D eigenvalue weighted by Crippen LogP contribution is 2.66. The summed E-state index contributed by atoms with van der Waals surface area (Å²) in [7, 11) is 3.84. The third-order valence-electron chi connectivity index (χ3n) is 10.3. The van der Waals surface area contributed by atoms with Crippen molar-refractivity contribution in [1.82, 2.24) is 15.5 Å². The number of benzene rings is 1. The Kier molecular flexibility index (Phi) is 6.61. The van der Waals surface area contributed by atoms with Crippen molar-refractivity contribution in [2.45, 2.75) is 81.6 Å². The molecule has 41 heavy (non-hydrogen) atoms. The Morgan fingerprint density at radius 3 is 2.73 bits per heavy atom. The minimum absolute atomic E-state index is 0.00519. The molecule has 1 aromatic carbocycles. The third-order valence-corrected chi connectivity index (χ3v) is 10.3. The number of ketones is 1. The van der Waals surface area contributed by atoms with Crippen molar-refractivity contribution in [2.24, 2.45) is 5.92 Å². The topological polar surface area (TPSA) is 134 Å². The van der Waals surface area contributed by atoms with E-state index in [2.05, 4.69) is 17.7 Å². The van der Waals surface area contributed by atoms with E-state index in [9.17, 15) is 24.3 Å². The number of hydrogen-bond acceptors (Lipinski definition) is 7. The molecule has 3 amide bonds. The number of Topliss-reactive ketones (excluding diaryl/α,β-unsaturated/α-hetero) is 1. The Labute approximate surface area is 240 Å². The molecule has 1 spiro atoms. The van der Waals surface area contributed by atoms with E-state index in [1.165, 1.54) is 24.7 Å². The molecule has 11 nitrogen and oxygen atoms in total. The maximum atomic E-state index is 13.3. The van der Waals surface area contributed by atoms with Crippen molar-refractivity contribution >= 4 is 23.7 Å². The van der Waals surface area contributed by atoms with Crippen molar-refractivity contribution in [3.63, 3.8) is 0 Å². The van der Waals surface area contributed by atoms with Crippen LogP contribution >= 0.6 is 0 Å². The Morgan fingerprint density at radius 2 is 2.02 bits per heavy atom. The fourth-order valence-corrected chi connectivity index (χ4v) is 8.14. The highest BCUT2D eigenvalue weighted by atomic mass is 16.6. The second kappa shape index (κ2) is 9.69. The monoisotopic (exact) mass is 569 g/mol. The van der Waals surface area contributed by atoms with Crippen LogP contribution in [0, 0.1) is 5.92 Å². The summed E-state index contributed by atoms with van der Waals surface area (Å²) in [6, 6.07) is 3.01. The predicted octanol–water partition coefficient (Wildman–Crippen LogP) is 1.04. The quantitative estimate of drug-likeness (QED) is 0.398. The number of nitrogens with zero attached hydrogens (tertiary/aromatic N) is 2. The van der Waals surface area contributed by atoms with Gasteiger partial charge in [-0.15, -0.1) is 0 Å². The highest BCUT2D eigenvalue weighted by molar-refractivity contribution is 5.90. The predicted molar refractivity (Wildman–Crippen MR) is 147 cm³/mol. The zero-order valence-electron chi connectivity index (χ0n) is 24.3. The summed E-state index contributed by atoms with van der Waals surface area (Å²) in [5.41, 5.74) is 0.00746. The molecule has 3 N–H and O–H groups in total. The number of carbonyl (C=O) groups is 4. The molecule has 6 rings (SSSR count). The molecule has 1 aromatic rings. The lowest BCUT2D eigenvalue weighted by atomic mass is 9.48. The van der Waals surface area contributed by atoms with Crippen LogP contribution in [0.15, 0.2) is 12.1 Å². The number of piperidine rings is 1. The second-order valence-corrected chi connectivity index (χ2v) is 13.1. The van der Waals surface area contributed by atoms with Gasteiger partial charge in [-0.05, 0) is 37.8 Å². The van der Waals surface area contributed by atoms with Gasteiger partial charge in [0, 0.05) is 57.8 Å². The molecule has 5 aliphatic rings. The van der Waals surface area contributed by atoms with Gasteiger partial charge in [0.15, 0.2) is 23.4 Å². The Morgan fingerprint density at radius 1 is 1.27 bits per heavy atom. The number of nitrogens with one attached hydrogen (secondary N) is 2. The maximum Gasteiger partial charge on any atom is 0.415 e. The second-order valence-electron chi connectivity index (χ2n) is 13.1. The summed E-state index contributed by atoms with van der Waals surface area (Å²) in [6.45, 7) is 5.20. The largest absolute Gasteiger partial charge is 0.477 e. The molecule has 1 saturated heterocycles. The van der Waals surface area contributed by atoms with E-state index in [1.54, 1.807) is 20.0 Å². The van der Waals surface area contributed by atoms with Gasteiger partial charge in [-0.1, -0.05) is 6.07 Å². The minimum atomic E-state index is -1.07. The third kappa shape index (κ3) is 4.31. The molecule has 11 heteroatoms. The molecule has 2 aliphatic heterocycles. The van der Waals surface area contributed by atoms with Crippen LogP contribution < -0.4 is 20.1 Å². The first-order valence-electron chi connectivity index (χ1n) is 14.8. The fraction of sp³-hybridized carbons (Fsp3) is 0.667. The van der Waals surface area contributed by atoms with Crippen LogP contribution in [-0.2, 0) is 26.2 Å². The summed E-state index contributed by atoms with van der Waals surface area (Å²) >= 11 is 0. The standard InChI is InChI=1S/C30H40N4O7/c1-17(32-18(2)35)27(37)31-12-13-33(3)28(38)40-22-8-7-20-15-23-30(39)10-9-21(36)26-29(30,24(20)25(22)41-26)11-14-34(23,4)16-19-5-6-19/h7-8,17,19,23,26,39H,5-6,9-16H2,1-4H3,(H-,31,32,35,37)/p+1/t17-,23-,26-,29-,30+,34?/m0/s1. The summed E-state index contributed by atoms with van der Waals surface area (Å²) in [4.78, 5) is 51.0. The van der Waals surface area contributed by atoms with E-state index in [-0.39, 0.29) is 48.9 Å². The molecule has 3 fully saturated rings. The van der Waals surface area contributed by atoms with Crippen LogP contribution in [0.4, 0.5) is 4.79 Å². The molecular formula is C30H41N4O7+. The van der Waals surface area contributed by atoms with Gasteiger partial charge in [0.25, 0.3) is 0 Å². The molecule has 2 saturated carbocycles. The first-order valence-corrected chi connectivity index (χ1v) is 14.8. The number of quaternary nitrogens is 1. The number of hydrogen-bond donors (Lipinski definition) is 3. The van der Waals surface area contributed by atoms with Gasteiger partial charge in [0.05, 0.1) is 25.6 Å². The number of rotatable bonds is 8. The average molecular weight is 570 g/mol. The molecule has 6 atom stereocenters. The van der Waals surface area contributed by atoms with Crippen LogP contribution in [0.25, 0.3) is 0 Å². The minimum Gasteiger partial charge on any atom is -0.477 e. The summed E-state index contributed by atoms with van der Waals surface area (Å²) in [6.07, 6.45) is 3.12. The van der Waals surface area contributed by atoms with E-state index < -0.39 is 29.3 Å². The molecule has 0 radical (unpaired) electrons. The van der Waals surface area contributed by atoms with E-state index in [0.717, 1.165) is 28.7 Å². The molecule has 0 aromatic heterocycles. The molecule has 1 unspecified atom stereocenters. The number of carbonyl (C=O) groups excluding carboxylic acids is 4. The molecule has 3 aliphatic carbocycles. The van der Waals surface area contributed by atoms with Crippen molar-refractivity contribution in [1.29, 1.82) is 0 Å². The molecule has 222 valence electrons. The number of likely N-dealkylation sites (N-methyl/N-ethyl adjacent to an activating group) is 2. The average Bonchev–Trinajstić information content (AvgIpc) is 3.64. The number of likely N-dealkylation sites (tertiary alicyclic amines) is 1. The first kappa shape index (κ1) is 28.0. The fourth-order valence-electron chi connectivity index (χ4n) is 8.14. The Balaban J connectivity index is 1.22. The van der Waals surface area contributed by atoms with Crippen LogP contribution in [0.1, 0.15) is 57.1 Å². The van der Waals surface area contributed by atoms with Crippen LogP contribution in [-0.4, -0.2) is 102 Å². The van der Waals surface area contributed by atoms with Gasteiger partial charge < -0.3 is 34.6 Å². The van der Waals surface area contributed by atoms with Gasteiger partial charge in [-0.25, -0.2) is 4.79 Å². The number of ether oxygens (including phenoxy) is 2. The lowest BCUT2D eigenvalue weighted by molar-refractivity contribution is -0.950. The normalized spacial score (nSPS) is 33.2. The van der Waals surface area contributed by atoms with Crippen molar-refractivity contribution in [2.75, 3.05) is 40.3 Å². The van der Waals surface area contributed by atoms with Gasteiger partial charge >= 0.3 is 6.09 Å². The Bertz CT molecular complexity index is 1310. The zero-order valence-corrected chi connectivity index (χ0v) is 24.3. The SMILES string of the molecule is CC(=O)N[C@@H](C)C(=O)NCCN(C)C(=O)Oc1ccc2c3c1O[C@H]1C(=O)CC[C@@]4(O)[C@H](C2)[N+](C)(CC2CC2)CC[C@]314. The molecular weight excluding hydrogens is 528 g/mol. The van der Waals surface area contributed by atoms with E-state index in [1.807, 2.05) is 6.07 Å². The van der Waals surface area contributed by atoms with Crippen molar-refractivity contribution < 1.29 is 38.2 Å².